The lowest BCUT2D eigenvalue weighted by Crippen LogP contribution is -2.26. The SMILES string of the molecule is CNc1cccc2cc([C@H](C)Nc3nc(C)nc4cccnc34)n(-c3ccccc3)c(=O)c12. The molecule has 164 valence electrons. The molecule has 3 heterocycles. The van der Waals surface area contributed by atoms with E-state index in [-0.39, 0.29) is 11.6 Å². The molecule has 3 aromatic heterocycles. The average molecular weight is 437 g/mol. The molecule has 0 unspecified atom stereocenters. The molecule has 2 aromatic carbocycles. The standard InChI is InChI=1S/C26H24N6O/c1-16(29-25-24-21(13-8-14-28-24)30-17(2)31-25)22-15-18-9-7-12-20(27-3)23(18)26(33)32(22)19-10-5-4-6-11-19/h4-16,27H,1-3H3,(H,29,30,31)/t16-/m0/s1. The van der Waals surface area contributed by atoms with Crippen molar-refractivity contribution in [3.63, 3.8) is 0 Å². The number of nitrogens with one attached hydrogen (secondary N) is 2. The normalized spacial score (nSPS) is 12.1. The third-order valence-corrected chi connectivity index (χ3v) is 5.72. The summed E-state index contributed by atoms with van der Waals surface area (Å²) in [5, 5.41) is 8.17. The van der Waals surface area contributed by atoms with Gasteiger partial charge in [0.15, 0.2) is 5.82 Å². The maximum atomic E-state index is 13.8. The van der Waals surface area contributed by atoms with Crippen molar-refractivity contribution in [2.24, 2.45) is 0 Å². The molecule has 0 amide bonds. The number of hydrogen-bond acceptors (Lipinski definition) is 6. The highest BCUT2D eigenvalue weighted by Gasteiger charge is 2.19. The molecule has 0 saturated carbocycles. The minimum Gasteiger partial charge on any atom is -0.387 e. The minimum atomic E-state index is -0.236. The molecule has 33 heavy (non-hydrogen) atoms. The molecule has 0 bridgehead atoms. The Balaban J connectivity index is 1.72. The van der Waals surface area contributed by atoms with Gasteiger partial charge in [-0.25, -0.2) is 9.97 Å². The van der Waals surface area contributed by atoms with Crippen molar-refractivity contribution in [1.29, 1.82) is 0 Å². The minimum absolute atomic E-state index is 0.0749. The van der Waals surface area contributed by atoms with Crippen LogP contribution in [0.3, 0.4) is 0 Å². The van der Waals surface area contributed by atoms with Crippen molar-refractivity contribution in [2.45, 2.75) is 19.9 Å². The number of anilines is 2. The van der Waals surface area contributed by atoms with Gasteiger partial charge in [-0.1, -0.05) is 30.3 Å². The summed E-state index contributed by atoms with van der Waals surface area (Å²) in [6.07, 6.45) is 1.73. The van der Waals surface area contributed by atoms with E-state index in [1.54, 1.807) is 10.8 Å². The van der Waals surface area contributed by atoms with Gasteiger partial charge in [-0.15, -0.1) is 0 Å². The molecule has 0 aliphatic carbocycles. The predicted molar refractivity (Wildman–Crippen MR) is 133 cm³/mol. The third-order valence-electron chi connectivity index (χ3n) is 5.72. The van der Waals surface area contributed by atoms with Crippen LogP contribution in [-0.2, 0) is 0 Å². The van der Waals surface area contributed by atoms with Gasteiger partial charge in [-0.05, 0) is 55.6 Å². The Kier molecular flexibility index (Phi) is 5.22. The summed E-state index contributed by atoms with van der Waals surface area (Å²) in [7, 11) is 1.83. The lowest BCUT2D eigenvalue weighted by molar-refractivity contribution is 0.773. The molecule has 7 nitrogen and oxygen atoms in total. The van der Waals surface area contributed by atoms with Crippen LogP contribution in [0, 0.1) is 6.92 Å². The van der Waals surface area contributed by atoms with Crippen LogP contribution in [0.5, 0.6) is 0 Å². The number of benzene rings is 2. The summed E-state index contributed by atoms with van der Waals surface area (Å²) in [4.78, 5) is 27.4. The van der Waals surface area contributed by atoms with E-state index >= 15 is 0 Å². The summed E-state index contributed by atoms with van der Waals surface area (Å²) in [5.74, 6) is 1.30. The van der Waals surface area contributed by atoms with Crippen LogP contribution in [0.2, 0.25) is 0 Å². The first-order valence-corrected chi connectivity index (χ1v) is 10.8. The third kappa shape index (κ3) is 3.67. The number of aryl methyl sites for hydroxylation is 1. The van der Waals surface area contributed by atoms with Gasteiger partial charge in [-0.2, -0.15) is 0 Å². The maximum Gasteiger partial charge on any atom is 0.265 e. The van der Waals surface area contributed by atoms with E-state index in [1.165, 1.54) is 0 Å². The lowest BCUT2D eigenvalue weighted by Gasteiger charge is -2.22. The Morgan fingerprint density at radius 1 is 0.970 bits per heavy atom. The molecule has 0 spiro atoms. The molecule has 5 aromatic rings. The van der Waals surface area contributed by atoms with Gasteiger partial charge in [0.1, 0.15) is 11.3 Å². The number of pyridine rings is 2. The highest BCUT2D eigenvalue weighted by Crippen LogP contribution is 2.28. The predicted octanol–water partition coefficient (Wildman–Crippen LogP) is 4.85. The van der Waals surface area contributed by atoms with Crippen molar-refractivity contribution in [2.75, 3.05) is 17.7 Å². The van der Waals surface area contributed by atoms with Crippen LogP contribution in [0.4, 0.5) is 11.5 Å². The van der Waals surface area contributed by atoms with Gasteiger partial charge < -0.3 is 10.6 Å². The molecule has 0 aliphatic rings. The van der Waals surface area contributed by atoms with Gasteiger partial charge in [0, 0.05) is 30.3 Å². The van der Waals surface area contributed by atoms with Gasteiger partial charge >= 0.3 is 0 Å². The number of rotatable bonds is 5. The summed E-state index contributed by atoms with van der Waals surface area (Å²) < 4.78 is 1.77. The Morgan fingerprint density at radius 2 is 1.79 bits per heavy atom. The highest BCUT2D eigenvalue weighted by molar-refractivity contribution is 5.94. The van der Waals surface area contributed by atoms with Gasteiger partial charge in [-0.3, -0.25) is 14.3 Å². The topological polar surface area (TPSA) is 84.7 Å². The fourth-order valence-corrected chi connectivity index (χ4v) is 4.22. The van der Waals surface area contributed by atoms with Crippen LogP contribution < -0.4 is 16.2 Å². The molecule has 5 rings (SSSR count). The van der Waals surface area contributed by atoms with E-state index in [9.17, 15) is 4.79 Å². The molecule has 7 heteroatoms. The second kappa shape index (κ2) is 8.35. The molecule has 0 radical (unpaired) electrons. The van der Waals surface area contributed by atoms with Crippen molar-refractivity contribution in [3.8, 4) is 5.69 Å². The highest BCUT2D eigenvalue weighted by atomic mass is 16.1. The summed E-state index contributed by atoms with van der Waals surface area (Å²) in [6, 6.07) is 21.1. The first-order valence-electron chi connectivity index (χ1n) is 10.8. The quantitative estimate of drug-likeness (QED) is 0.410. The van der Waals surface area contributed by atoms with Crippen LogP contribution in [0.15, 0.2) is 77.7 Å². The lowest BCUT2D eigenvalue weighted by atomic mass is 10.1. The van der Waals surface area contributed by atoms with Gasteiger partial charge in [0.2, 0.25) is 0 Å². The number of hydrogen-bond donors (Lipinski definition) is 2. The smallest absolute Gasteiger partial charge is 0.265 e. The summed E-state index contributed by atoms with van der Waals surface area (Å²) in [6.45, 7) is 3.88. The Hall–Kier alpha value is -4.26. The van der Waals surface area contributed by atoms with E-state index in [0.29, 0.717) is 22.5 Å². The monoisotopic (exact) mass is 436 g/mol. The fourth-order valence-electron chi connectivity index (χ4n) is 4.22. The number of para-hydroxylation sites is 1. The first-order chi connectivity index (χ1) is 16.1. The van der Waals surface area contributed by atoms with Crippen molar-refractivity contribution in [3.05, 3.63) is 94.8 Å². The molecule has 1 atom stereocenters. The van der Waals surface area contributed by atoms with Gasteiger partial charge in [0.05, 0.1) is 16.9 Å². The summed E-state index contributed by atoms with van der Waals surface area (Å²) in [5.41, 5.74) is 3.83. The van der Waals surface area contributed by atoms with E-state index in [1.807, 2.05) is 81.6 Å². The van der Waals surface area contributed by atoms with Crippen LogP contribution >= 0.6 is 0 Å². The number of nitrogens with zero attached hydrogens (tertiary/aromatic N) is 4. The Labute approximate surface area is 191 Å². The maximum absolute atomic E-state index is 13.8. The largest absolute Gasteiger partial charge is 0.387 e. The fraction of sp³-hybridized carbons (Fsp3) is 0.154. The van der Waals surface area contributed by atoms with Crippen LogP contribution in [0.25, 0.3) is 27.5 Å². The molecule has 0 fully saturated rings. The molecule has 2 N–H and O–H groups in total. The molecular formula is C26H24N6O. The Morgan fingerprint density at radius 3 is 2.58 bits per heavy atom. The second-order valence-electron chi connectivity index (χ2n) is 7.92. The van der Waals surface area contributed by atoms with Crippen LogP contribution in [0.1, 0.15) is 24.5 Å². The molecular weight excluding hydrogens is 412 g/mol. The molecule has 0 aliphatic heterocycles. The van der Waals surface area contributed by atoms with Gasteiger partial charge in [0.25, 0.3) is 5.56 Å². The first kappa shape index (κ1) is 20.6. The number of aromatic nitrogens is 4. The van der Waals surface area contributed by atoms with Crippen molar-refractivity contribution < 1.29 is 0 Å². The van der Waals surface area contributed by atoms with E-state index < -0.39 is 0 Å². The average Bonchev–Trinajstić information content (AvgIpc) is 2.83. The zero-order valence-electron chi connectivity index (χ0n) is 18.7. The van der Waals surface area contributed by atoms with E-state index in [4.69, 9.17) is 0 Å². The van der Waals surface area contributed by atoms with Crippen molar-refractivity contribution >= 4 is 33.3 Å². The summed E-state index contributed by atoms with van der Waals surface area (Å²) >= 11 is 0. The van der Waals surface area contributed by atoms with Crippen LogP contribution in [-0.4, -0.2) is 26.6 Å². The van der Waals surface area contributed by atoms with E-state index in [0.717, 1.165) is 28.0 Å². The Bertz CT molecular complexity index is 1530. The molecule has 0 saturated heterocycles. The zero-order valence-corrected chi connectivity index (χ0v) is 18.7. The zero-order chi connectivity index (χ0) is 22.9. The number of fused-ring (bicyclic) bond motifs is 2. The van der Waals surface area contributed by atoms with E-state index in [2.05, 4.69) is 31.7 Å². The second-order valence-corrected chi connectivity index (χ2v) is 7.92. The van der Waals surface area contributed by atoms with Crippen molar-refractivity contribution in [1.82, 2.24) is 19.5 Å².